The molecule has 0 radical (unpaired) electrons. The molecule has 0 bridgehead atoms. The fourth-order valence-corrected chi connectivity index (χ4v) is 0.660. The molecule has 4 nitrogen and oxygen atoms in total. The van der Waals surface area contributed by atoms with Gasteiger partial charge in [0, 0.05) is 24.7 Å². The molecule has 0 aromatic heterocycles. The SMILES string of the molecule is O=C([O-])CC(=O)C[C@H](O)CCl. The number of hydrogen-bond acceptors (Lipinski definition) is 4. The molecule has 0 spiro atoms. The van der Waals surface area contributed by atoms with Crippen LogP contribution in [-0.4, -0.2) is 28.8 Å². The Hall–Kier alpha value is -0.610. The van der Waals surface area contributed by atoms with E-state index in [2.05, 4.69) is 0 Å². The van der Waals surface area contributed by atoms with Crippen LogP contribution in [0.3, 0.4) is 0 Å². The molecule has 0 aromatic carbocycles. The first kappa shape index (κ1) is 10.4. The van der Waals surface area contributed by atoms with E-state index in [9.17, 15) is 14.7 Å². The molecule has 0 saturated heterocycles. The van der Waals surface area contributed by atoms with Crippen LogP contribution in [0.4, 0.5) is 0 Å². The van der Waals surface area contributed by atoms with E-state index < -0.39 is 24.3 Å². The summed E-state index contributed by atoms with van der Waals surface area (Å²) in [6.07, 6.45) is -1.84. The molecule has 0 aliphatic carbocycles. The molecule has 0 rings (SSSR count). The number of carboxylic acid groups (broad SMARTS) is 1. The molecule has 0 amide bonds. The van der Waals surface area contributed by atoms with Crippen LogP contribution in [0.2, 0.25) is 0 Å². The van der Waals surface area contributed by atoms with Crippen LogP contribution >= 0.6 is 11.6 Å². The highest BCUT2D eigenvalue weighted by Gasteiger charge is 2.09. The van der Waals surface area contributed by atoms with Crippen molar-refractivity contribution >= 4 is 23.4 Å². The van der Waals surface area contributed by atoms with Gasteiger partial charge in [0.1, 0.15) is 5.78 Å². The van der Waals surface area contributed by atoms with E-state index in [1.54, 1.807) is 0 Å². The van der Waals surface area contributed by atoms with Crippen molar-refractivity contribution < 1.29 is 19.8 Å². The van der Waals surface area contributed by atoms with Gasteiger partial charge in [0.25, 0.3) is 0 Å². The summed E-state index contributed by atoms with van der Waals surface area (Å²) >= 11 is 5.17. The number of aliphatic carboxylic acids is 1. The summed E-state index contributed by atoms with van der Waals surface area (Å²) in [6, 6.07) is 0. The number of carbonyl (C=O) groups excluding carboxylic acids is 2. The van der Waals surface area contributed by atoms with Crippen LogP contribution in [0.5, 0.6) is 0 Å². The number of hydrogen-bond donors (Lipinski definition) is 1. The lowest BCUT2D eigenvalue weighted by Crippen LogP contribution is -2.27. The summed E-state index contributed by atoms with van der Waals surface area (Å²) < 4.78 is 0. The summed E-state index contributed by atoms with van der Waals surface area (Å²) in [5.74, 6) is -2.08. The van der Waals surface area contributed by atoms with Gasteiger partial charge in [0.15, 0.2) is 0 Å². The Kier molecular flexibility index (Phi) is 4.81. The largest absolute Gasteiger partial charge is 0.550 e. The smallest absolute Gasteiger partial charge is 0.141 e. The first-order valence-electron chi connectivity index (χ1n) is 3.01. The van der Waals surface area contributed by atoms with Gasteiger partial charge in [-0.1, -0.05) is 0 Å². The second-order valence-electron chi connectivity index (χ2n) is 2.10. The summed E-state index contributed by atoms with van der Waals surface area (Å²) in [5, 5.41) is 18.6. The lowest BCUT2D eigenvalue weighted by molar-refractivity contribution is -0.304. The number of aliphatic hydroxyl groups excluding tert-OH is 1. The van der Waals surface area contributed by atoms with E-state index >= 15 is 0 Å². The normalized spacial score (nSPS) is 12.5. The van der Waals surface area contributed by atoms with Crippen molar-refractivity contribution in [2.45, 2.75) is 18.9 Å². The first-order valence-corrected chi connectivity index (χ1v) is 3.55. The fourth-order valence-electron chi connectivity index (χ4n) is 0.551. The molecular weight excluding hydrogens is 172 g/mol. The molecule has 11 heavy (non-hydrogen) atoms. The average molecular weight is 180 g/mol. The summed E-state index contributed by atoms with van der Waals surface area (Å²) in [7, 11) is 0. The second-order valence-corrected chi connectivity index (χ2v) is 2.41. The third kappa shape index (κ3) is 5.82. The van der Waals surface area contributed by atoms with Gasteiger partial charge in [-0.3, -0.25) is 4.79 Å². The van der Waals surface area contributed by atoms with Crippen molar-refractivity contribution in [2.75, 3.05) is 5.88 Å². The average Bonchev–Trinajstić information content (AvgIpc) is 1.85. The van der Waals surface area contributed by atoms with E-state index in [1.807, 2.05) is 0 Å². The maximum absolute atomic E-state index is 10.6. The first-order chi connectivity index (χ1) is 5.06. The quantitative estimate of drug-likeness (QED) is 0.420. The lowest BCUT2D eigenvalue weighted by atomic mass is 10.1. The number of halogens is 1. The minimum Gasteiger partial charge on any atom is -0.550 e. The molecule has 0 unspecified atom stereocenters. The predicted octanol–water partition coefficient (Wildman–Crippen LogP) is -1.31. The van der Waals surface area contributed by atoms with Gasteiger partial charge in [-0.25, -0.2) is 0 Å². The third-order valence-corrected chi connectivity index (χ3v) is 1.34. The van der Waals surface area contributed by atoms with Crippen LogP contribution in [0, 0.1) is 0 Å². The van der Waals surface area contributed by atoms with E-state index in [-0.39, 0.29) is 12.3 Å². The predicted molar refractivity (Wildman–Crippen MR) is 36.0 cm³/mol. The molecule has 0 aromatic rings. The van der Waals surface area contributed by atoms with Gasteiger partial charge in [0.05, 0.1) is 6.10 Å². The van der Waals surface area contributed by atoms with Gasteiger partial charge >= 0.3 is 0 Å². The maximum Gasteiger partial charge on any atom is 0.141 e. The highest BCUT2D eigenvalue weighted by atomic mass is 35.5. The van der Waals surface area contributed by atoms with Crippen molar-refractivity contribution in [3.63, 3.8) is 0 Å². The summed E-state index contributed by atoms with van der Waals surface area (Å²) in [4.78, 5) is 20.4. The number of ketones is 1. The topological polar surface area (TPSA) is 77.4 Å². The lowest BCUT2D eigenvalue weighted by Gasteiger charge is -2.05. The van der Waals surface area contributed by atoms with Crippen molar-refractivity contribution in [1.29, 1.82) is 0 Å². The van der Waals surface area contributed by atoms with E-state index in [1.165, 1.54) is 0 Å². The van der Waals surface area contributed by atoms with Crippen molar-refractivity contribution in [2.24, 2.45) is 0 Å². The monoisotopic (exact) mass is 179 g/mol. The summed E-state index contributed by atoms with van der Waals surface area (Å²) in [5.41, 5.74) is 0. The Morgan fingerprint density at radius 1 is 1.55 bits per heavy atom. The van der Waals surface area contributed by atoms with Crippen molar-refractivity contribution in [3.8, 4) is 0 Å². The third-order valence-electron chi connectivity index (χ3n) is 0.983. The molecule has 0 saturated carbocycles. The standard InChI is InChI=1S/C6H9ClO4/c7-3-5(9)1-4(8)2-6(10)11/h5,9H,1-3H2,(H,10,11)/p-1/t5-/m0/s1. The Bertz CT molecular complexity index is 157. The van der Waals surface area contributed by atoms with E-state index in [0.29, 0.717) is 0 Å². The minimum absolute atomic E-state index is 0.0706. The van der Waals surface area contributed by atoms with Gasteiger partial charge in [-0.05, 0) is 0 Å². The molecule has 0 aliphatic heterocycles. The Balaban J connectivity index is 3.60. The molecule has 1 atom stereocenters. The fraction of sp³-hybridized carbons (Fsp3) is 0.667. The number of carbonyl (C=O) groups is 2. The van der Waals surface area contributed by atoms with E-state index in [0.717, 1.165) is 0 Å². The van der Waals surface area contributed by atoms with Crippen LogP contribution < -0.4 is 5.11 Å². The number of alkyl halides is 1. The minimum atomic E-state index is -1.43. The van der Waals surface area contributed by atoms with Crippen molar-refractivity contribution in [3.05, 3.63) is 0 Å². The zero-order valence-electron chi connectivity index (χ0n) is 5.75. The van der Waals surface area contributed by atoms with E-state index in [4.69, 9.17) is 16.7 Å². The maximum atomic E-state index is 10.6. The van der Waals surface area contributed by atoms with Gasteiger partial charge in [-0.15, -0.1) is 11.6 Å². The molecule has 64 valence electrons. The zero-order chi connectivity index (χ0) is 8.85. The van der Waals surface area contributed by atoms with Gasteiger partial charge < -0.3 is 15.0 Å². The number of Topliss-reactive ketones (excluding diaryl/α,β-unsaturated/α-hetero) is 1. The second kappa shape index (κ2) is 5.09. The molecule has 5 heteroatoms. The molecule has 0 fully saturated rings. The highest BCUT2D eigenvalue weighted by Crippen LogP contribution is 1.97. The van der Waals surface area contributed by atoms with Crippen LogP contribution in [-0.2, 0) is 9.59 Å². The summed E-state index contributed by atoms with van der Waals surface area (Å²) in [6.45, 7) is 0. The van der Waals surface area contributed by atoms with Crippen LogP contribution in [0.15, 0.2) is 0 Å². The molecule has 1 N–H and O–H groups in total. The highest BCUT2D eigenvalue weighted by molar-refractivity contribution is 6.18. The Morgan fingerprint density at radius 3 is 2.45 bits per heavy atom. The Morgan fingerprint density at radius 2 is 2.09 bits per heavy atom. The molecule has 0 heterocycles. The zero-order valence-corrected chi connectivity index (χ0v) is 6.50. The van der Waals surface area contributed by atoms with Gasteiger partial charge in [-0.2, -0.15) is 0 Å². The van der Waals surface area contributed by atoms with Crippen LogP contribution in [0.25, 0.3) is 0 Å². The Labute approximate surface area is 68.8 Å². The van der Waals surface area contributed by atoms with Gasteiger partial charge in [0.2, 0.25) is 0 Å². The number of carboxylic acids is 1. The molecule has 0 aliphatic rings. The number of rotatable bonds is 5. The molecular formula is C6H8ClO4-. The van der Waals surface area contributed by atoms with Crippen LogP contribution in [0.1, 0.15) is 12.8 Å². The number of aliphatic hydroxyl groups is 1. The van der Waals surface area contributed by atoms with Crippen molar-refractivity contribution in [1.82, 2.24) is 0 Å².